The van der Waals surface area contributed by atoms with Gasteiger partial charge in [0.05, 0.1) is 13.7 Å². The van der Waals surface area contributed by atoms with Crippen LogP contribution in [0.5, 0.6) is 0 Å². The number of hydrogen-bond donors (Lipinski definition) is 1. The molecule has 1 N–H and O–H groups in total. The fraction of sp³-hybridized carbons (Fsp3) is 0.917. The third-order valence-corrected chi connectivity index (χ3v) is 3.63. The number of carbonyl (C=O) groups excluding carboxylic acids is 1. The van der Waals surface area contributed by atoms with Crippen LogP contribution in [0.3, 0.4) is 0 Å². The number of halogens is 2. The Labute approximate surface area is 107 Å². The topological polar surface area (TPSA) is 41.6 Å². The average Bonchev–Trinajstić information content (AvgIpc) is 2.73. The van der Waals surface area contributed by atoms with Gasteiger partial charge in [0.15, 0.2) is 0 Å². The molecule has 1 aliphatic rings. The quantitative estimate of drug-likeness (QED) is 0.733. The monoisotopic (exact) mass is 264 g/mol. The minimum Gasteiger partial charge on any atom is -0.468 e. The third-order valence-electron chi connectivity index (χ3n) is 3.63. The molecule has 4 nitrogen and oxygen atoms in total. The molecular weight excluding hydrogens is 242 g/mol. The van der Waals surface area contributed by atoms with Crippen molar-refractivity contribution in [3.63, 3.8) is 0 Å². The Morgan fingerprint density at radius 1 is 1.61 bits per heavy atom. The summed E-state index contributed by atoms with van der Waals surface area (Å²) in [5, 5.41) is 3.16. The zero-order valence-corrected chi connectivity index (χ0v) is 11.2. The highest BCUT2D eigenvalue weighted by molar-refractivity contribution is 5.81. The van der Waals surface area contributed by atoms with Crippen molar-refractivity contribution in [3.8, 4) is 0 Å². The Morgan fingerprint density at radius 2 is 2.28 bits per heavy atom. The molecule has 0 spiro atoms. The number of carbonyl (C=O) groups is 1. The van der Waals surface area contributed by atoms with E-state index in [0.717, 1.165) is 6.42 Å². The van der Waals surface area contributed by atoms with Gasteiger partial charge in [0, 0.05) is 6.04 Å². The average molecular weight is 264 g/mol. The number of likely N-dealkylation sites (N-methyl/N-ethyl adjacent to an activating group) is 1. The second-order valence-electron chi connectivity index (χ2n) is 4.83. The summed E-state index contributed by atoms with van der Waals surface area (Å²) in [6.07, 6.45) is -0.462. The van der Waals surface area contributed by atoms with E-state index in [4.69, 9.17) is 4.74 Å². The van der Waals surface area contributed by atoms with Crippen molar-refractivity contribution >= 4 is 5.97 Å². The molecule has 6 heteroatoms. The van der Waals surface area contributed by atoms with E-state index in [-0.39, 0.29) is 18.6 Å². The number of hydrogen-bond acceptors (Lipinski definition) is 4. The number of nitrogens with zero attached hydrogens (tertiary/aromatic N) is 1. The molecule has 0 aromatic carbocycles. The highest BCUT2D eigenvalue weighted by Gasteiger charge is 2.46. The van der Waals surface area contributed by atoms with Gasteiger partial charge in [-0.15, -0.1) is 0 Å². The maximum atomic E-state index is 12.4. The van der Waals surface area contributed by atoms with Gasteiger partial charge in [-0.3, -0.25) is 9.69 Å². The van der Waals surface area contributed by atoms with Crippen molar-refractivity contribution in [1.29, 1.82) is 0 Å². The largest absolute Gasteiger partial charge is 0.468 e. The van der Waals surface area contributed by atoms with Crippen LogP contribution in [0.2, 0.25) is 0 Å². The number of nitrogens with one attached hydrogen (secondary N) is 1. The predicted molar refractivity (Wildman–Crippen MR) is 64.7 cm³/mol. The number of rotatable bonds is 6. The lowest BCUT2D eigenvalue weighted by atomic mass is 9.97. The van der Waals surface area contributed by atoms with Gasteiger partial charge in [0.1, 0.15) is 5.54 Å². The first kappa shape index (κ1) is 15.3. The molecule has 0 bridgehead atoms. The number of alkyl halides is 2. The van der Waals surface area contributed by atoms with Crippen molar-refractivity contribution in [2.75, 3.05) is 27.2 Å². The summed E-state index contributed by atoms with van der Waals surface area (Å²) >= 11 is 0. The highest BCUT2D eigenvalue weighted by atomic mass is 19.3. The molecule has 106 valence electrons. The third kappa shape index (κ3) is 3.38. The lowest BCUT2D eigenvalue weighted by Gasteiger charge is -2.29. The van der Waals surface area contributed by atoms with Crippen LogP contribution in [0, 0.1) is 0 Å². The standard InChI is InChI=1S/C12H22F2N2O2/c1-4-15-12(11(17)18-3)6-5-9(7-12)16(2)8-10(13)14/h9-10,15H,4-8H2,1-3H3. The molecule has 0 aliphatic heterocycles. The van der Waals surface area contributed by atoms with Gasteiger partial charge in [-0.1, -0.05) is 6.92 Å². The van der Waals surface area contributed by atoms with Crippen LogP contribution < -0.4 is 5.32 Å². The van der Waals surface area contributed by atoms with Gasteiger partial charge in [-0.05, 0) is 32.9 Å². The summed E-state index contributed by atoms with van der Waals surface area (Å²) in [6, 6.07) is -0.00264. The molecule has 1 aliphatic carbocycles. The van der Waals surface area contributed by atoms with Crippen LogP contribution in [0.25, 0.3) is 0 Å². The van der Waals surface area contributed by atoms with Gasteiger partial charge in [-0.2, -0.15) is 0 Å². The summed E-state index contributed by atoms with van der Waals surface area (Å²) in [5.74, 6) is -0.294. The minimum atomic E-state index is -2.35. The first-order valence-electron chi connectivity index (χ1n) is 6.27. The molecular formula is C12H22F2N2O2. The van der Waals surface area contributed by atoms with Crippen molar-refractivity contribution < 1.29 is 18.3 Å². The summed E-state index contributed by atoms with van der Waals surface area (Å²) < 4.78 is 29.5. The highest BCUT2D eigenvalue weighted by Crippen LogP contribution is 2.33. The second-order valence-corrected chi connectivity index (χ2v) is 4.83. The van der Waals surface area contributed by atoms with Crippen molar-refractivity contribution in [1.82, 2.24) is 10.2 Å². The molecule has 2 atom stereocenters. The Bertz CT molecular complexity index is 289. The molecule has 1 fully saturated rings. The summed E-state index contributed by atoms with van der Waals surface area (Å²) in [6.45, 7) is 2.31. The van der Waals surface area contributed by atoms with Crippen LogP contribution in [-0.2, 0) is 9.53 Å². The molecule has 0 aromatic rings. The van der Waals surface area contributed by atoms with Crippen LogP contribution in [0.15, 0.2) is 0 Å². The van der Waals surface area contributed by atoms with Crippen molar-refractivity contribution in [2.45, 2.75) is 44.2 Å². The maximum Gasteiger partial charge on any atom is 0.326 e. The SMILES string of the molecule is CCNC1(C(=O)OC)CCC(N(C)CC(F)F)C1. The lowest BCUT2D eigenvalue weighted by molar-refractivity contribution is -0.148. The maximum absolute atomic E-state index is 12.4. The predicted octanol–water partition coefficient (Wildman–Crippen LogP) is 1.26. The fourth-order valence-corrected chi connectivity index (χ4v) is 2.71. The van der Waals surface area contributed by atoms with E-state index in [1.165, 1.54) is 7.11 Å². The molecule has 18 heavy (non-hydrogen) atoms. The molecule has 2 unspecified atom stereocenters. The van der Waals surface area contributed by atoms with Gasteiger partial charge in [0.2, 0.25) is 0 Å². The van der Waals surface area contributed by atoms with Gasteiger partial charge >= 0.3 is 5.97 Å². The first-order chi connectivity index (χ1) is 8.45. The Morgan fingerprint density at radius 3 is 2.78 bits per heavy atom. The fourth-order valence-electron chi connectivity index (χ4n) is 2.71. The van der Waals surface area contributed by atoms with Crippen molar-refractivity contribution in [2.24, 2.45) is 0 Å². The molecule has 0 heterocycles. The van der Waals surface area contributed by atoms with Crippen LogP contribution in [0.4, 0.5) is 8.78 Å². The van der Waals surface area contributed by atoms with Gasteiger partial charge in [0.25, 0.3) is 6.43 Å². The molecule has 0 saturated heterocycles. The lowest BCUT2D eigenvalue weighted by Crippen LogP contribution is -2.51. The summed E-state index contributed by atoms with van der Waals surface area (Å²) in [4.78, 5) is 13.5. The molecule has 0 aromatic heterocycles. The van der Waals surface area contributed by atoms with E-state index in [1.807, 2.05) is 6.92 Å². The van der Waals surface area contributed by atoms with Crippen LogP contribution in [0.1, 0.15) is 26.2 Å². The van der Waals surface area contributed by atoms with E-state index in [0.29, 0.717) is 19.4 Å². The van der Waals surface area contributed by atoms with E-state index in [9.17, 15) is 13.6 Å². The summed E-state index contributed by atoms with van der Waals surface area (Å²) in [7, 11) is 3.04. The van der Waals surface area contributed by atoms with Gasteiger partial charge in [-0.25, -0.2) is 8.78 Å². The molecule has 0 radical (unpaired) electrons. The van der Waals surface area contributed by atoms with Crippen molar-refractivity contribution in [3.05, 3.63) is 0 Å². The normalized spacial score (nSPS) is 28.1. The number of esters is 1. The zero-order valence-electron chi connectivity index (χ0n) is 11.2. The molecule has 1 saturated carbocycles. The summed E-state index contributed by atoms with van der Waals surface area (Å²) in [5.41, 5.74) is -0.704. The van der Waals surface area contributed by atoms with Gasteiger partial charge < -0.3 is 10.1 Å². The smallest absolute Gasteiger partial charge is 0.326 e. The van der Waals surface area contributed by atoms with Crippen LogP contribution in [-0.4, -0.2) is 56.1 Å². The minimum absolute atomic E-state index is 0.00264. The van der Waals surface area contributed by atoms with Crippen LogP contribution >= 0.6 is 0 Å². The zero-order chi connectivity index (χ0) is 13.8. The van der Waals surface area contributed by atoms with E-state index in [1.54, 1.807) is 11.9 Å². The van der Waals surface area contributed by atoms with E-state index in [2.05, 4.69) is 5.32 Å². The molecule has 0 amide bonds. The Balaban J connectivity index is 2.67. The number of ether oxygens (including phenoxy) is 1. The Hall–Kier alpha value is -0.750. The van der Waals surface area contributed by atoms with E-state index < -0.39 is 12.0 Å². The Kier molecular flexibility index (Phi) is 5.47. The second kappa shape index (κ2) is 6.43. The molecule has 1 rings (SSSR count). The first-order valence-corrected chi connectivity index (χ1v) is 6.27. The van der Waals surface area contributed by atoms with E-state index >= 15 is 0 Å². The number of methoxy groups -OCH3 is 1.